The first-order valence-corrected chi connectivity index (χ1v) is 20.2. The molecule has 0 spiro atoms. The second kappa shape index (κ2) is 12.4. The predicted octanol–water partition coefficient (Wildman–Crippen LogP) is 12.5. The molecule has 0 unspecified atom stereocenters. The van der Waals surface area contributed by atoms with Crippen LogP contribution < -0.4 is 20.3 Å². The third kappa shape index (κ3) is 4.73. The van der Waals surface area contributed by atoms with Crippen LogP contribution in [0.25, 0.3) is 88.4 Å². The molecule has 13 rings (SSSR count). The lowest BCUT2D eigenvalue weighted by atomic mass is 9.51. The molecule has 0 saturated carbocycles. The largest absolute Gasteiger partial charge is 0.551 e. The van der Waals surface area contributed by atoms with Gasteiger partial charge in [0.25, 0.3) is 0 Å². The molecule has 2 aliphatic rings. The van der Waals surface area contributed by atoms with E-state index < -0.39 is 0 Å². The van der Waals surface area contributed by atoms with Gasteiger partial charge >= 0.3 is 6.92 Å². The maximum Gasteiger partial charge on any atom is 0.434 e. The van der Waals surface area contributed by atoms with Crippen molar-refractivity contribution in [1.82, 2.24) is 9.13 Å². The standard InChI is InChI=1S/C54H33BN2O2/c1-6-21-46(57-49-24-9-4-18-41(49)42-19-5-10-25-50(42)57)38(15-1)36-28-30-45-53(33-36)58-51-26-12-20-44-43-29-27-35(32-52(43)59-55(45)54(44)51)34-13-11-14-37(31-34)56-47-22-7-2-16-39(47)40-17-3-8-23-48(40)56/h1-33H. The van der Waals surface area contributed by atoms with E-state index in [4.69, 9.17) is 9.39 Å². The Bertz CT molecular complexity index is 3430. The molecule has 59 heavy (non-hydrogen) atoms. The van der Waals surface area contributed by atoms with Crippen molar-refractivity contribution < 1.29 is 9.39 Å². The van der Waals surface area contributed by atoms with Gasteiger partial charge in [-0.25, -0.2) is 0 Å². The molecule has 2 aliphatic heterocycles. The first-order valence-electron chi connectivity index (χ1n) is 20.2. The van der Waals surface area contributed by atoms with E-state index in [1.165, 1.54) is 43.6 Å². The molecule has 4 nitrogen and oxygen atoms in total. The van der Waals surface area contributed by atoms with E-state index in [2.05, 4.69) is 209 Å². The van der Waals surface area contributed by atoms with Crippen LogP contribution in [0.1, 0.15) is 0 Å². The molecule has 5 heteroatoms. The molecule has 0 fully saturated rings. The van der Waals surface area contributed by atoms with Crippen LogP contribution in [0.4, 0.5) is 0 Å². The van der Waals surface area contributed by atoms with E-state index in [0.29, 0.717) is 0 Å². The average Bonchev–Trinajstić information content (AvgIpc) is 3.82. The molecule has 274 valence electrons. The molecule has 0 N–H and O–H groups in total. The monoisotopic (exact) mass is 752 g/mol. The third-order valence-corrected chi connectivity index (χ3v) is 12.4. The van der Waals surface area contributed by atoms with Crippen molar-refractivity contribution in [1.29, 1.82) is 0 Å². The Hall–Kier alpha value is -7.76. The summed E-state index contributed by atoms with van der Waals surface area (Å²) in [5, 5.41) is 5.00. The third-order valence-electron chi connectivity index (χ3n) is 12.4. The molecule has 0 atom stereocenters. The van der Waals surface area contributed by atoms with Crippen LogP contribution >= 0.6 is 0 Å². The minimum Gasteiger partial charge on any atom is -0.551 e. The highest BCUT2D eigenvalue weighted by Crippen LogP contribution is 2.43. The van der Waals surface area contributed by atoms with Gasteiger partial charge < -0.3 is 18.5 Å². The summed E-state index contributed by atoms with van der Waals surface area (Å²) in [4.78, 5) is 0. The van der Waals surface area contributed by atoms with Crippen LogP contribution in [-0.2, 0) is 0 Å². The van der Waals surface area contributed by atoms with Gasteiger partial charge in [-0.2, -0.15) is 0 Å². The summed E-state index contributed by atoms with van der Waals surface area (Å²) in [7, 11) is 0. The molecule has 0 saturated heterocycles. The summed E-state index contributed by atoms with van der Waals surface area (Å²) in [6.07, 6.45) is 0. The van der Waals surface area contributed by atoms with Crippen LogP contribution in [0.15, 0.2) is 200 Å². The number of rotatable bonds is 4. The van der Waals surface area contributed by atoms with Gasteiger partial charge in [0.15, 0.2) is 0 Å². The zero-order chi connectivity index (χ0) is 38.6. The highest BCUT2D eigenvalue weighted by molar-refractivity contribution is 6.84. The number of para-hydroxylation sites is 5. The van der Waals surface area contributed by atoms with Crippen LogP contribution in [-0.4, -0.2) is 16.0 Å². The zero-order valence-corrected chi connectivity index (χ0v) is 31.8. The predicted molar refractivity (Wildman–Crippen MR) is 244 cm³/mol. The van der Waals surface area contributed by atoms with E-state index in [1.807, 2.05) is 0 Å². The Morgan fingerprint density at radius 2 is 0.915 bits per heavy atom. The number of hydrogen-bond donors (Lipinski definition) is 0. The van der Waals surface area contributed by atoms with Gasteiger partial charge in [0.05, 0.1) is 27.8 Å². The lowest BCUT2D eigenvalue weighted by molar-refractivity contribution is 0.479. The average molecular weight is 753 g/mol. The Morgan fingerprint density at radius 1 is 0.356 bits per heavy atom. The van der Waals surface area contributed by atoms with Crippen LogP contribution in [0.2, 0.25) is 0 Å². The second-order valence-corrected chi connectivity index (χ2v) is 15.6. The Kier molecular flexibility index (Phi) is 6.78. The number of aromatic nitrogens is 2. The molecule has 2 aromatic heterocycles. The fraction of sp³-hybridized carbons (Fsp3) is 0. The first kappa shape index (κ1) is 32.3. The van der Waals surface area contributed by atoms with Crippen LogP contribution in [0.3, 0.4) is 0 Å². The number of benzene rings is 9. The summed E-state index contributed by atoms with van der Waals surface area (Å²) in [5.74, 6) is 2.52. The van der Waals surface area contributed by atoms with Crippen LogP contribution in [0.5, 0.6) is 17.2 Å². The van der Waals surface area contributed by atoms with Crippen LogP contribution in [0, 0.1) is 0 Å². The molecular formula is C54H33BN2O2. The molecule has 0 bridgehead atoms. The summed E-state index contributed by atoms with van der Waals surface area (Å²) in [6.45, 7) is -0.307. The number of nitrogens with zero attached hydrogens (tertiary/aromatic N) is 2. The van der Waals surface area contributed by atoms with Crippen molar-refractivity contribution in [3.8, 4) is 62.0 Å². The fourth-order valence-corrected chi connectivity index (χ4v) is 9.81. The van der Waals surface area contributed by atoms with Crippen molar-refractivity contribution in [2.24, 2.45) is 0 Å². The maximum absolute atomic E-state index is 7.08. The Balaban J connectivity index is 0.900. The van der Waals surface area contributed by atoms with Crippen molar-refractivity contribution >= 4 is 61.5 Å². The van der Waals surface area contributed by atoms with Crippen molar-refractivity contribution in [2.45, 2.75) is 0 Å². The molecule has 11 aromatic rings. The highest BCUT2D eigenvalue weighted by Gasteiger charge is 2.40. The van der Waals surface area contributed by atoms with Crippen molar-refractivity contribution in [3.05, 3.63) is 200 Å². The van der Waals surface area contributed by atoms with E-state index in [9.17, 15) is 0 Å². The highest BCUT2D eigenvalue weighted by atomic mass is 16.5. The number of ether oxygens (including phenoxy) is 1. The van der Waals surface area contributed by atoms with Gasteiger partial charge in [-0.15, -0.1) is 0 Å². The smallest absolute Gasteiger partial charge is 0.434 e. The number of fused-ring (bicyclic) bond motifs is 10. The van der Waals surface area contributed by atoms with Gasteiger partial charge in [-0.3, -0.25) is 0 Å². The fourth-order valence-electron chi connectivity index (χ4n) is 9.81. The normalized spacial score (nSPS) is 12.6. The lowest BCUT2D eigenvalue weighted by Crippen LogP contribution is -2.53. The summed E-state index contributed by atoms with van der Waals surface area (Å²) in [5.41, 5.74) is 15.8. The van der Waals surface area contributed by atoms with Crippen molar-refractivity contribution in [2.75, 3.05) is 0 Å². The van der Waals surface area contributed by atoms with Crippen molar-refractivity contribution in [3.63, 3.8) is 0 Å². The van der Waals surface area contributed by atoms with Gasteiger partial charge in [-0.1, -0.05) is 140 Å². The molecule has 9 aromatic carbocycles. The first-order chi connectivity index (χ1) is 29.3. The summed E-state index contributed by atoms with van der Waals surface area (Å²) >= 11 is 0. The lowest BCUT2D eigenvalue weighted by Gasteiger charge is -2.33. The Morgan fingerprint density at radius 3 is 1.63 bits per heavy atom. The van der Waals surface area contributed by atoms with Gasteiger partial charge in [0.1, 0.15) is 17.2 Å². The SMILES string of the molecule is c1cc(-c2ccc3c(c2)OB2c4ccc(-c5ccccc5-n5c6ccccc6c6ccccc65)cc4Oc4cccc-3c42)cc(-n2c3ccccc3c3ccccc32)c1. The molecule has 4 heterocycles. The topological polar surface area (TPSA) is 28.3 Å². The molecule has 0 aliphatic carbocycles. The quantitative estimate of drug-likeness (QED) is 0.168. The van der Waals surface area contributed by atoms with Gasteiger partial charge in [0, 0.05) is 49.3 Å². The molecular weight excluding hydrogens is 719 g/mol. The second-order valence-electron chi connectivity index (χ2n) is 15.6. The zero-order valence-electron chi connectivity index (χ0n) is 31.8. The van der Waals surface area contributed by atoms with Gasteiger partial charge in [-0.05, 0) is 82.9 Å². The Labute approximate surface area is 340 Å². The minimum atomic E-state index is -0.307. The summed E-state index contributed by atoms with van der Waals surface area (Å²) < 4.78 is 18.6. The maximum atomic E-state index is 7.08. The van der Waals surface area contributed by atoms with Gasteiger partial charge in [0.2, 0.25) is 0 Å². The summed E-state index contributed by atoms with van der Waals surface area (Å²) in [6, 6.07) is 71.7. The van der Waals surface area contributed by atoms with E-state index in [0.717, 1.165) is 72.9 Å². The molecule has 0 amide bonds. The van der Waals surface area contributed by atoms with E-state index >= 15 is 0 Å². The molecule has 0 radical (unpaired) electrons. The minimum absolute atomic E-state index is 0.307. The van der Waals surface area contributed by atoms with E-state index in [1.54, 1.807) is 0 Å². The van der Waals surface area contributed by atoms with E-state index in [-0.39, 0.29) is 6.92 Å². The number of hydrogen-bond acceptors (Lipinski definition) is 2.